The first-order valence-corrected chi connectivity index (χ1v) is 10.1. The molecule has 31 heavy (non-hydrogen) atoms. The molecule has 0 unspecified atom stereocenters. The molecule has 0 aliphatic rings. The Morgan fingerprint density at radius 3 is 2.65 bits per heavy atom. The third kappa shape index (κ3) is 7.59. The van der Waals surface area contributed by atoms with Crippen molar-refractivity contribution in [3.63, 3.8) is 0 Å². The molecule has 7 nitrogen and oxygen atoms in total. The van der Waals surface area contributed by atoms with Gasteiger partial charge in [0.2, 0.25) is 12.2 Å². The van der Waals surface area contributed by atoms with Crippen LogP contribution < -0.4 is 10.6 Å². The second kappa shape index (κ2) is 10.9. The molecule has 0 radical (unpaired) electrons. The maximum atomic E-state index is 10.9. The second-order valence-electron chi connectivity index (χ2n) is 8.41. The molecular weight excluding hydrogens is 390 g/mol. The summed E-state index contributed by atoms with van der Waals surface area (Å²) in [4.78, 5) is 20.7. The highest BCUT2D eigenvalue weighted by Gasteiger charge is 2.20. The Morgan fingerprint density at radius 2 is 2.03 bits per heavy atom. The molecule has 0 saturated heterocycles. The Kier molecular flexibility index (Phi) is 8.33. The van der Waals surface area contributed by atoms with Gasteiger partial charge in [-0.15, -0.1) is 4.99 Å². The summed E-state index contributed by atoms with van der Waals surface area (Å²) in [5.74, 6) is -0.661. The molecule has 2 rings (SSSR count). The molecule has 0 saturated carbocycles. The van der Waals surface area contributed by atoms with Crippen molar-refractivity contribution in [1.82, 2.24) is 4.98 Å². The average Bonchev–Trinajstić information content (AvgIpc) is 2.72. The normalized spacial score (nSPS) is 12.3. The summed E-state index contributed by atoms with van der Waals surface area (Å²) in [6.07, 6.45) is 8.61. The third-order valence-corrected chi connectivity index (χ3v) is 4.46. The van der Waals surface area contributed by atoms with Crippen molar-refractivity contribution in [2.24, 2.45) is 16.1 Å². The maximum Gasteiger partial charge on any atom is 0.303 e. The standard InChI is InChI=1S/C24H29N5O2/c1-24(2,3)16-29(23(26)28-17-25)20-10-6-8-18(14-20)21(11-4-5-12-22(30)31)19-9-7-13-27-15-19/h6-11,13-15H,4-5,12,16H2,1-3H3,(H2,26,28)(H,30,31). The van der Waals surface area contributed by atoms with E-state index < -0.39 is 5.97 Å². The van der Waals surface area contributed by atoms with Gasteiger partial charge in [-0.05, 0) is 47.6 Å². The van der Waals surface area contributed by atoms with E-state index in [2.05, 4.69) is 30.7 Å². The smallest absolute Gasteiger partial charge is 0.303 e. The Hall–Kier alpha value is -3.66. The highest BCUT2D eigenvalue weighted by molar-refractivity contribution is 5.96. The number of allylic oxidation sites excluding steroid dienone is 1. The van der Waals surface area contributed by atoms with Crippen molar-refractivity contribution >= 4 is 23.2 Å². The Balaban J connectivity index is 2.47. The summed E-state index contributed by atoms with van der Waals surface area (Å²) in [7, 11) is 0. The van der Waals surface area contributed by atoms with E-state index in [1.807, 2.05) is 47.4 Å². The number of aliphatic carboxylic acids is 1. The van der Waals surface area contributed by atoms with Gasteiger partial charge < -0.3 is 15.7 Å². The van der Waals surface area contributed by atoms with Gasteiger partial charge in [0.15, 0.2) is 0 Å². The van der Waals surface area contributed by atoms with Gasteiger partial charge in [0.05, 0.1) is 0 Å². The summed E-state index contributed by atoms with van der Waals surface area (Å²) in [5, 5.41) is 17.9. The van der Waals surface area contributed by atoms with Gasteiger partial charge in [0.25, 0.3) is 0 Å². The molecule has 0 spiro atoms. The topological polar surface area (TPSA) is 116 Å². The van der Waals surface area contributed by atoms with E-state index in [0.717, 1.165) is 22.4 Å². The number of guanidine groups is 1. The van der Waals surface area contributed by atoms with Crippen LogP contribution in [-0.4, -0.2) is 28.6 Å². The van der Waals surface area contributed by atoms with E-state index in [-0.39, 0.29) is 17.8 Å². The molecule has 0 aliphatic heterocycles. The number of rotatable bonds is 8. The first kappa shape index (κ1) is 23.6. The zero-order valence-electron chi connectivity index (χ0n) is 18.2. The van der Waals surface area contributed by atoms with Crippen molar-refractivity contribution in [3.8, 4) is 6.19 Å². The Bertz CT molecular complexity index is 985. The van der Waals surface area contributed by atoms with Gasteiger partial charge in [-0.3, -0.25) is 9.78 Å². The van der Waals surface area contributed by atoms with Crippen molar-refractivity contribution in [2.75, 3.05) is 11.4 Å². The minimum absolute atomic E-state index is 0.0789. The summed E-state index contributed by atoms with van der Waals surface area (Å²) in [5.41, 5.74) is 9.70. The number of nitriles is 1. The number of unbranched alkanes of at least 4 members (excludes halogenated alkanes) is 1. The second-order valence-corrected chi connectivity index (χ2v) is 8.41. The monoisotopic (exact) mass is 419 g/mol. The highest BCUT2D eigenvalue weighted by Crippen LogP contribution is 2.29. The largest absolute Gasteiger partial charge is 0.481 e. The van der Waals surface area contributed by atoms with E-state index >= 15 is 0 Å². The number of aliphatic imine (C=N–C) groups is 1. The Labute approximate surface area is 183 Å². The molecule has 0 amide bonds. The molecule has 3 N–H and O–H groups in total. The number of pyridine rings is 1. The van der Waals surface area contributed by atoms with E-state index in [4.69, 9.17) is 16.1 Å². The predicted molar refractivity (Wildman–Crippen MR) is 123 cm³/mol. The number of carboxylic acids is 1. The van der Waals surface area contributed by atoms with Crippen LogP contribution in [0.1, 0.15) is 51.2 Å². The van der Waals surface area contributed by atoms with Crippen LogP contribution in [0.15, 0.2) is 59.9 Å². The lowest BCUT2D eigenvalue weighted by Crippen LogP contribution is -2.42. The van der Waals surface area contributed by atoms with Crippen LogP contribution in [0.3, 0.4) is 0 Å². The lowest BCUT2D eigenvalue weighted by atomic mass is 9.94. The SMILES string of the molecule is CC(C)(C)CN(C(N)=NC#N)c1cccc(C(=CCCCC(=O)O)c2cccnc2)c1. The number of carbonyl (C=O) groups is 1. The van der Waals surface area contributed by atoms with Crippen LogP contribution >= 0.6 is 0 Å². The van der Waals surface area contributed by atoms with Gasteiger partial charge in [-0.1, -0.05) is 45.0 Å². The maximum absolute atomic E-state index is 10.9. The predicted octanol–water partition coefficient (Wildman–Crippen LogP) is 4.42. The van der Waals surface area contributed by atoms with E-state index in [1.54, 1.807) is 18.6 Å². The average molecular weight is 420 g/mol. The summed E-state index contributed by atoms with van der Waals surface area (Å²) in [6, 6.07) is 11.7. The van der Waals surface area contributed by atoms with E-state index in [0.29, 0.717) is 19.4 Å². The molecule has 0 bridgehead atoms. The number of nitrogens with zero attached hydrogens (tertiary/aromatic N) is 4. The lowest BCUT2D eigenvalue weighted by Gasteiger charge is -2.30. The minimum Gasteiger partial charge on any atom is -0.481 e. The van der Waals surface area contributed by atoms with E-state index in [9.17, 15) is 4.79 Å². The highest BCUT2D eigenvalue weighted by atomic mass is 16.4. The van der Waals surface area contributed by atoms with Crippen LogP contribution in [0.5, 0.6) is 0 Å². The minimum atomic E-state index is -0.802. The molecule has 7 heteroatoms. The zero-order chi connectivity index (χ0) is 22.9. The number of carboxylic acid groups (broad SMARTS) is 1. The first-order chi connectivity index (χ1) is 14.7. The molecule has 0 atom stereocenters. The van der Waals surface area contributed by atoms with Crippen molar-refractivity contribution in [1.29, 1.82) is 5.26 Å². The van der Waals surface area contributed by atoms with Crippen LogP contribution in [0.2, 0.25) is 0 Å². The van der Waals surface area contributed by atoms with Crippen LogP contribution in [0.4, 0.5) is 5.69 Å². The molecule has 1 heterocycles. The quantitative estimate of drug-likeness (QED) is 0.283. The molecule has 1 aromatic heterocycles. The molecule has 2 aromatic rings. The van der Waals surface area contributed by atoms with Gasteiger partial charge >= 0.3 is 5.97 Å². The number of anilines is 1. The fourth-order valence-corrected chi connectivity index (χ4v) is 3.16. The molecule has 0 fully saturated rings. The van der Waals surface area contributed by atoms with Crippen molar-refractivity contribution < 1.29 is 9.90 Å². The summed E-state index contributed by atoms with van der Waals surface area (Å²) in [6.45, 7) is 6.85. The molecular formula is C24H29N5O2. The van der Waals surface area contributed by atoms with Gasteiger partial charge in [-0.25, -0.2) is 0 Å². The van der Waals surface area contributed by atoms with Crippen LogP contribution in [0, 0.1) is 16.9 Å². The number of benzene rings is 1. The fourth-order valence-electron chi connectivity index (χ4n) is 3.16. The van der Waals surface area contributed by atoms with Crippen molar-refractivity contribution in [3.05, 3.63) is 66.0 Å². The lowest BCUT2D eigenvalue weighted by molar-refractivity contribution is -0.137. The van der Waals surface area contributed by atoms with E-state index in [1.165, 1.54) is 0 Å². The summed E-state index contributed by atoms with van der Waals surface area (Å²) < 4.78 is 0. The van der Waals surface area contributed by atoms with Crippen LogP contribution in [0.25, 0.3) is 5.57 Å². The molecule has 1 aromatic carbocycles. The van der Waals surface area contributed by atoms with Gasteiger partial charge in [-0.2, -0.15) is 5.26 Å². The summed E-state index contributed by atoms with van der Waals surface area (Å²) >= 11 is 0. The van der Waals surface area contributed by atoms with Gasteiger partial charge in [0, 0.05) is 36.6 Å². The molecule has 162 valence electrons. The van der Waals surface area contributed by atoms with Crippen LogP contribution in [-0.2, 0) is 4.79 Å². The molecule has 0 aliphatic carbocycles. The zero-order valence-corrected chi connectivity index (χ0v) is 18.2. The van der Waals surface area contributed by atoms with Crippen molar-refractivity contribution in [2.45, 2.75) is 40.0 Å². The number of hydrogen-bond acceptors (Lipinski definition) is 4. The van der Waals surface area contributed by atoms with Gasteiger partial charge in [0.1, 0.15) is 0 Å². The Morgan fingerprint density at radius 1 is 1.29 bits per heavy atom. The number of nitrogens with two attached hydrogens (primary N) is 1. The number of hydrogen-bond donors (Lipinski definition) is 2. The third-order valence-electron chi connectivity index (χ3n) is 4.46. The fraction of sp³-hybridized carbons (Fsp3) is 0.333. The number of aromatic nitrogens is 1. The first-order valence-electron chi connectivity index (χ1n) is 10.1.